The van der Waals surface area contributed by atoms with Crippen LogP contribution < -0.4 is 21.7 Å². The molecule has 0 radical (unpaired) electrons. The molecule has 13 heteroatoms. The predicted octanol–water partition coefficient (Wildman–Crippen LogP) is -3.24. The smallest absolute Gasteiger partial charge is 0.327 e. The second-order valence-corrected chi connectivity index (χ2v) is 6.28. The monoisotopic (exact) mass is 416 g/mol. The van der Waals surface area contributed by atoms with Crippen molar-refractivity contribution in [2.24, 2.45) is 5.73 Å². The van der Waals surface area contributed by atoms with Crippen molar-refractivity contribution in [1.82, 2.24) is 25.9 Å². The summed E-state index contributed by atoms with van der Waals surface area (Å²) in [5, 5.41) is 25.8. The van der Waals surface area contributed by atoms with Gasteiger partial charge in [-0.2, -0.15) is 12.6 Å². The van der Waals surface area contributed by atoms with Crippen LogP contribution in [0.2, 0.25) is 0 Å². The average molecular weight is 416 g/mol. The summed E-state index contributed by atoms with van der Waals surface area (Å²) in [7, 11) is 0. The van der Waals surface area contributed by atoms with E-state index in [0.29, 0.717) is 5.69 Å². The highest BCUT2D eigenvalue weighted by Crippen LogP contribution is 2.02. The zero-order chi connectivity index (χ0) is 21.3. The molecule has 0 saturated heterocycles. The number of amides is 3. The van der Waals surface area contributed by atoms with Gasteiger partial charge in [-0.15, -0.1) is 0 Å². The van der Waals surface area contributed by atoms with Crippen molar-refractivity contribution in [2.45, 2.75) is 37.6 Å². The van der Waals surface area contributed by atoms with Crippen LogP contribution in [0.25, 0.3) is 0 Å². The number of aliphatic hydroxyl groups is 1. The standard InChI is InChI=1S/C15H24N6O6S/c1-7(22)12(14(25)20-10(5-28)15(26)27)21-13(24)9(19-11(23)3-16)2-8-4-17-6-18-8/h4,6-7,9-10,12,22,28H,2-3,5,16H2,1H3,(H,17,18)(H,19,23)(H,20,25)(H,21,24)(H,26,27). The number of H-pyrrole nitrogens is 1. The lowest BCUT2D eigenvalue weighted by atomic mass is 10.1. The fourth-order valence-electron chi connectivity index (χ4n) is 2.18. The molecule has 8 N–H and O–H groups in total. The molecule has 3 amide bonds. The van der Waals surface area contributed by atoms with E-state index in [9.17, 15) is 24.3 Å². The molecule has 0 aliphatic heterocycles. The molecule has 156 valence electrons. The largest absolute Gasteiger partial charge is 0.480 e. The molecule has 28 heavy (non-hydrogen) atoms. The Morgan fingerprint density at radius 1 is 1.21 bits per heavy atom. The normalized spacial score (nSPS) is 15.0. The van der Waals surface area contributed by atoms with Crippen LogP contribution in [0.3, 0.4) is 0 Å². The summed E-state index contributed by atoms with van der Waals surface area (Å²) in [6.07, 6.45) is 1.54. The van der Waals surface area contributed by atoms with Gasteiger partial charge in [0.25, 0.3) is 0 Å². The third-order valence-electron chi connectivity index (χ3n) is 3.68. The molecule has 4 unspecified atom stereocenters. The van der Waals surface area contributed by atoms with Crippen molar-refractivity contribution >= 4 is 36.3 Å². The Labute approximate surface area is 166 Å². The number of hydrogen-bond donors (Lipinski definition) is 8. The van der Waals surface area contributed by atoms with Crippen molar-refractivity contribution < 1.29 is 29.4 Å². The second-order valence-electron chi connectivity index (χ2n) is 5.91. The van der Waals surface area contributed by atoms with Crippen LogP contribution in [-0.2, 0) is 25.6 Å². The number of rotatable bonds is 11. The molecule has 0 bridgehead atoms. The quantitative estimate of drug-likeness (QED) is 0.172. The van der Waals surface area contributed by atoms with Gasteiger partial charge in [0.15, 0.2) is 0 Å². The van der Waals surface area contributed by atoms with Gasteiger partial charge in [-0.1, -0.05) is 0 Å². The van der Waals surface area contributed by atoms with Crippen LogP contribution in [-0.4, -0.2) is 80.4 Å². The maximum Gasteiger partial charge on any atom is 0.327 e. The van der Waals surface area contributed by atoms with E-state index in [1.165, 1.54) is 19.4 Å². The Morgan fingerprint density at radius 3 is 2.36 bits per heavy atom. The predicted molar refractivity (Wildman–Crippen MR) is 100 cm³/mol. The molecule has 0 aliphatic rings. The first-order valence-corrected chi connectivity index (χ1v) is 8.92. The zero-order valence-electron chi connectivity index (χ0n) is 15.1. The average Bonchev–Trinajstić information content (AvgIpc) is 3.15. The van der Waals surface area contributed by atoms with E-state index >= 15 is 0 Å². The van der Waals surface area contributed by atoms with Gasteiger partial charge in [-0.05, 0) is 6.92 Å². The number of thiol groups is 1. The first kappa shape index (κ1) is 23.4. The van der Waals surface area contributed by atoms with Crippen molar-refractivity contribution in [3.05, 3.63) is 18.2 Å². The van der Waals surface area contributed by atoms with Gasteiger partial charge in [0.1, 0.15) is 18.1 Å². The summed E-state index contributed by atoms with van der Waals surface area (Å²) < 4.78 is 0. The van der Waals surface area contributed by atoms with Crippen molar-refractivity contribution in [1.29, 1.82) is 0 Å². The fourth-order valence-corrected chi connectivity index (χ4v) is 2.43. The number of carbonyl (C=O) groups excluding carboxylic acids is 3. The minimum Gasteiger partial charge on any atom is -0.480 e. The lowest BCUT2D eigenvalue weighted by Gasteiger charge is -2.25. The Hall–Kier alpha value is -2.64. The summed E-state index contributed by atoms with van der Waals surface area (Å²) in [5.74, 6) is -3.77. The number of nitrogens with two attached hydrogens (primary N) is 1. The molecule has 0 aromatic carbocycles. The number of nitrogens with one attached hydrogen (secondary N) is 4. The number of aromatic amines is 1. The number of carbonyl (C=O) groups is 4. The zero-order valence-corrected chi connectivity index (χ0v) is 16.0. The molecule has 4 atom stereocenters. The summed E-state index contributed by atoms with van der Waals surface area (Å²) in [5.41, 5.74) is 5.80. The van der Waals surface area contributed by atoms with Crippen LogP contribution in [0, 0.1) is 0 Å². The highest BCUT2D eigenvalue weighted by molar-refractivity contribution is 7.80. The van der Waals surface area contributed by atoms with Crippen LogP contribution in [0.1, 0.15) is 12.6 Å². The maximum absolute atomic E-state index is 12.6. The first-order chi connectivity index (χ1) is 13.2. The highest BCUT2D eigenvalue weighted by Gasteiger charge is 2.32. The van der Waals surface area contributed by atoms with Crippen molar-refractivity contribution in [3.63, 3.8) is 0 Å². The summed E-state index contributed by atoms with van der Waals surface area (Å²) in [4.78, 5) is 54.2. The number of nitrogens with zero attached hydrogens (tertiary/aromatic N) is 1. The number of carboxylic acids is 1. The lowest BCUT2D eigenvalue weighted by molar-refractivity contribution is -0.142. The molecule has 0 saturated carbocycles. The first-order valence-electron chi connectivity index (χ1n) is 8.28. The van der Waals surface area contributed by atoms with Crippen molar-refractivity contribution in [3.8, 4) is 0 Å². The number of aliphatic hydroxyl groups excluding tert-OH is 1. The van der Waals surface area contributed by atoms with Gasteiger partial charge in [0.05, 0.1) is 19.0 Å². The van der Waals surface area contributed by atoms with Gasteiger partial charge in [0.2, 0.25) is 17.7 Å². The van der Waals surface area contributed by atoms with E-state index in [-0.39, 0.29) is 18.7 Å². The van der Waals surface area contributed by atoms with Crippen LogP contribution >= 0.6 is 12.6 Å². The van der Waals surface area contributed by atoms with Crippen LogP contribution in [0.4, 0.5) is 0 Å². The van der Waals surface area contributed by atoms with Crippen molar-refractivity contribution in [2.75, 3.05) is 12.3 Å². The number of hydrogen-bond acceptors (Lipinski definition) is 8. The Balaban J connectivity index is 2.91. The molecule has 1 aromatic heterocycles. The van der Waals surface area contributed by atoms with Gasteiger partial charge < -0.3 is 36.9 Å². The minimum atomic E-state index is -1.45. The van der Waals surface area contributed by atoms with Gasteiger partial charge >= 0.3 is 5.97 Å². The number of aromatic nitrogens is 2. The number of imidazole rings is 1. The minimum absolute atomic E-state index is 0.0279. The molecule has 0 spiro atoms. The topological polar surface area (TPSA) is 200 Å². The lowest BCUT2D eigenvalue weighted by Crippen LogP contribution is -2.59. The molecule has 0 aliphatic carbocycles. The SMILES string of the molecule is CC(O)C(NC(=O)C(Cc1cnc[nH]1)NC(=O)CN)C(=O)NC(CS)C(=O)O. The van der Waals surface area contributed by atoms with E-state index in [2.05, 4.69) is 38.5 Å². The van der Waals surface area contributed by atoms with Gasteiger partial charge in [-0.25, -0.2) is 9.78 Å². The molecule has 1 aromatic rings. The third kappa shape index (κ3) is 7.17. The summed E-state index contributed by atoms with van der Waals surface area (Å²) in [6.45, 7) is 0.901. The van der Waals surface area contributed by atoms with E-state index in [0.717, 1.165) is 0 Å². The van der Waals surface area contributed by atoms with E-state index in [1.54, 1.807) is 0 Å². The summed E-state index contributed by atoms with van der Waals surface area (Å²) >= 11 is 3.84. The van der Waals surface area contributed by atoms with E-state index in [4.69, 9.17) is 10.8 Å². The Kier molecular flexibility index (Phi) is 9.41. The Morgan fingerprint density at radius 2 is 1.89 bits per heavy atom. The molecule has 12 nitrogen and oxygen atoms in total. The maximum atomic E-state index is 12.6. The van der Waals surface area contributed by atoms with Crippen LogP contribution in [0.15, 0.2) is 12.5 Å². The molecule has 1 heterocycles. The third-order valence-corrected chi connectivity index (χ3v) is 4.04. The molecular weight excluding hydrogens is 392 g/mol. The van der Waals surface area contributed by atoms with Gasteiger partial charge in [-0.3, -0.25) is 14.4 Å². The molecule has 0 fully saturated rings. The van der Waals surface area contributed by atoms with E-state index in [1.807, 2.05) is 0 Å². The Bertz CT molecular complexity index is 683. The fraction of sp³-hybridized carbons (Fsp3) is 0.533. The molecular formula is C15H24N6O6S. The molecule has 1 rings (SSSR count). The number of aliphatic carboxylic acids is 1. The summed E-state index contributed by atoms with van der Waals surface area (Å²) in [6, 6.07) is -3.86. The van der Waals surface area contributed by atoms with Crippen LogP contribution in [0.5, 0.6) is 0 Å². The highest BCUT2D eigenvalue weighted by atomic mass is 32.1. The second kappa shape index (κ2) is 11.3. The van der Waals surface area contributed by atoms with E-state index < -0.39 is 47.9 Å². The van der Waals surface area contributed by atoms with Gasteiger partial charge in [0, 0.05) is 24.1 Å². The number of carboxylic acid groups (broad SMARTS) is 1.